The molecule has 0 nitrogen and oxygen atoms in total. The number of halogens is 4. The topological polar surface area (TPSA) is 0 Å². The van der Waals surface area contributed by atoms with Crippen molar-refractivity contribution in [1.29, 1.82) is 0 Å². The predicted octanol–water partition coefficient (Wildman–Crippen LogP) is 6.71. The third-order valence-corrected chi connectivity index (χ3v) is 5.63. The molecule has 92 valence electrons. The fraction of sp³-hybridized carbons (Fsp3) is 0. The molecule has 0 fully saturated rings. The van der Waals surface area contributed by atoms with Crippen molar-refractivity contribution in [1.82, 2.24) is 0 Å². The molecule has 0 atom stereocenters. The summed E-state index contributed by atoms with van der Waals surface area (Å²) >= 11 is 17.6. The molecule has 0 radical (unpaired) electrons. The maximum Gasteiger partial charge on any atom is 0.0460 e. The molecule has 2 aromatic rings. The molecule has 0 aliphatic carbocycles. The summed E-state index contributed by atoms with van der Waals surface area (Å²) in [6.45, 7) is 0. The van der Waals surface area contributed by atoms with Crippen LogP contribution in [-0.4, -0.2) is 0 Å². The Bertz CT molecular complexity index is 468. The average molecular weight is 569 g/mol. The van der Waals surface area contributed by atoms with Gasteiger partial charge in [-0.3, -0.25) is 0 Å². The van der Waals surface area contributed by atoms with E-state index in [0.717, 1.165) is 22.8 Å². The van der Waals surface area contributed by atoms with E-state index in [2.05, 4.69) is 76.3 Å². The molecule has 2 rings (SSSR count). The van der Waals surface area contributed by atoms with Crippen LogP contribution in [0.25, 0.3) is 0 Å². The molecular formula is C12H8Br4SZn. The molecule has 0 aromatic heterocycles. The van der Waals surface area contributed by atoms with Crippen molar-refractivity contribution >= 4 is 76.3 Å². The van der Waals surface area contributed by atoms with Gasteiger partial charge in [-0.05, 0) is 72.1 Å². The van der Waals surface area contributed by atoms with Crippen LogP contribution in [0.15, 0.2) is 65.3 Å². The van der Waals surface area contributed by atoms with Gasteiger partial charge >= 0.3 is 0 Å². The van der Waals surface area contributed by atoms with Gasteiger partial charge in [-0.15, -0.1) is 12.6 Å². The largest absolute Gasteiger partial charge is 0.143 e. The van der Waals surface area contributed by atoms with Crippen LogP contribution >= 0.6 is 76.3 Å². The standard InChI is InChI=1S/C6H2Br4.C6H6S.Zn/c7-3-1-4(8)6(10)5(9)2-3;7-6-4-2-1-3-5-6;/h1-2H;1-5,7H;. The quantitative estimate of drug-likeness (QED) is 0.155. The van der Waals surface area contributed by atoms with Gasteiger partial charge < -0.3 is 0 Å². The van der Waals surface area contributed by atoms with Crippen LogP contribution in [0.1, 0.15) is 0 Å². The van der Waals surface area contributed by atoms with E-state index in [4.69, 9.17) is 0 Å². The van der Waals surface area contributed by atoms with Gasteiger partial charge in [-0.2, -0.15) is 0 Å². The number of hydrogen-bond acceptors (Lipinski definition) is 1. The molecule has 0 N–H and O–H groups in total. The first-order valence-electron chi connectivity index (χ1n) is 4.54. The minimum atomic E-state index is 0. The SMILES string of the molecule is Brc1cc(Br)c(Br)c(Br)c1.Sc1ccccc1.[Zn]. The minimum absolute atomic E-state index is 0. The molecule has 0 aliphatic heterocycles. The molecule has 0 aliphatic rings. The van der Waals surface area contributed by atoms with Crippen molar-refractivity contribution in [3.05, 3.63) is 60.4 Å². The Labute approximate surface area is 159 Å². The van der Waals surface area contributed by atoms with Crippen molar-refractivity contribution < 1.29 is 19.5 Å². The maximum atomic E-state index is 4.08. The zero-order chi connectivity index (χ0) is 12.8. The van der Waals surface area contributed by atoms with E-state index in [9.17, 15) is 0 Å². The van der Waals surface area contributed by atoms with E-state index in [1.54, 1.807) is 0 Å². The van der Waals surface area contributed by atoms with Gasteiger partial charge in [0, 0.05) is 42.3 Å². The van der Waals surface area contributed by atoms with Gasteiger partial charge in [0.05, 0.1) is 0 Å². The van der Waals surface area contributed by atoms with Crippen molar-refractivity contribution in [2.24, 2.45) is 0 Å². The third kappa shape index (κ3) is 7.21. The van der Waals surface area contributed by atoms with Crippen LogP contribution in [0.3, 0.4) is 0 Å². The maximum absolute atomic E-state index is 4.08. The first-order valence-corrected chi connectivity index (χ1v) is 8.16. The summed E-state index contributed by atoms with van der Waals surface area (Å²) in [7, 11) is 0. The molecule has 2 aromatic carbocycles. The van der Waals surface area contributed by atoms with Crippen molar-refractivity contribution in [3.63, 3.8) is 0 Å². The Balaban J connectivity index is 0.000000321. The average Bonchev–Trinajstić information content (AvgIpc) is 2.27. The minimum Gasteiger partial charge on any atom is -0.143 e. The fourth-order valence-electron chi connectivity index (χ4n) is 0.953. The van der Waals surface area contributed by atoms with Gasteiger partial charge in [0.2, 0.25) is 0 Å². The Kier molecular flexibility index (Phi) is 10.9. The molecular weight excluding hydrogens is 561 g/mol. The van der Waals surface area contributed by atoms with E-state index in [1.807, 2.05) is 42.5 Å². The van der Waals surface area contributed by atoms with Crippen LogP contribution < -0.4 is 0 Å². The smallest absolute Gasteiger partial charge is 0.0460 e. The first-order chi connectivity index (χ1) is 8.00. The van der Waals surface area contributed by atoms with Gasteiger partial charge in [0.1, 0.15) is 0 Å². The second-order valence-electron chi connectivity index (χ2n) is 3.02. The van der Waals surface area contributed by atoms with Crippen molar-refractivity contribution in [2.45, 2.75) is 4.90 Å². The molecule has 18 heavy (non-hydrogen) atoms. The molecule has 0 bridgehead atoms. The van der Waals surface area contributed by atoms with Crippen LogP contribution in [0.4, 0.5) is 0 Å². The number of hydrogen-bond donors (Lipinski definition) is 1. The van der Waals surface area contributed by atoms with E-state index in [1.165, 1.54) is 0 Å². The first kappa shape index (κ1) is 19.3. The second-order valence-corrected chi connectivity index (χ2v) is 6.95. The Morgan fingerprint density at radius 1 is 0.778 bits per heavy atom. The predicted molar refractivity (Wildman–Crippen MR) is 90.9 cm³/mol. The summed E-state index contributed by atoms with van der Waals surface area (Å²) in [6, 6.07) is 13.8. The zero-order valence-electron chi connectivity index (χ0n) is 9.21. The van der Waals surface area contributed by atoms with Crippen LogP contribution in [-0.2, 0) is 19.5 Å². The van der Waals surface area contributed by atoms with E-state index in [-0.39, 0.29) is 19.5 Å². The second kappa shape index (κ2) is 10.1. The number of benzene rings is 2. The van der Waals surface area contributed by atoms with Crippen molar-refractivity contribution in [3.8, 4) is 0 Å². The van der Waals surface area contributed by atoms with Gasteiger partial charge in [-0.25, -0.2) is 0 Å². The van der Waals surface area contributed by atoms with Crippen LogP contribution in [0, 0.1) is 0 Å². The van der Waals surface area contributed by atoms with E-state index >= 15 is 0 Å². The zero-order valence-corrected chi connectivity index (χ0v) is 19.4. The molecule has 0 saturated heterocycles. The van der Waals surface area contributed by atoms with Gasteiger partial charge in [0.15, 0.2) is 0 Å². The number of thiol groups is 1. The summed E-state index contributed by atoms with van der Waals surface area (Å²) in [6.07, 6.45) is 0. The summed E-state index contributed by atoms with van der Waals surface area (Å²) in [4.78, 5) is 1.02. The molecule has 0 spiro atoms. The molecule has 0 amide bonds. The van der Waals surface area contributed by atoms with Crippen molar-refractivity contribution in [2.75, 3.05) is 0 Å². The van der Waals surface area contributed by atoms with Gasteiger partial charge in [0.25, 0.3) is 0 Å². The summed E-state index contributed by atoms with van der Waals surface area (Å²) in [5, 5.41) is 0. The monoisotopic (exact) mass is 564 g/mol. The Morgan fingerprint density at radius 2 is 1.22 bits per heavy atom. The van der Waals surface area contributed by atoms with E-state index in [0.29, 0.717) is 0 Å². The summed E-state index contributed by atoms with van der Waals surface area (Å²) in [5.41, 5.74) is 0. The Morgan fingerprint density at radius 3 is 1.56 bits per heavy atom. The normalized spacial score (nSPS) is 8.94. The molecule has 0 saturated carbocycles. The summed E-state index contributed by atoms with van der Waals surface area (Å²) < 4.78 is 4.16. The molecule has 0 unspecified atom stereocenters. The number of rotatable bonds is 0. The Hall–Kier alpha value is 1.33. The fourth-order valence-corrected chi connectivity index (χ4v) is 3.61. The van der Waals surface area contributed by atoms with Gasteiger partial charge in [-0.1, -0.05) is 34.1 Å². The summed E-state index contributed by atoms with van der Waals surface area (Å²) in [5.74, 6) is 0. The molecule has 6 heteroatoms. The molecule has 0 heterocycles. The third-order valence-electron chi connectivity index (χ3n) is 1.70. The van der Waals surface area contributed by atoms with Crippen LogP contribution in [0.5, 0.6) is 0 Å². The van der Waals surface area contributed by atoms with Crippen LogP contribution in [0.2, 0.25) is 0 Å². The van der Waals surface area contributed by atoms with E-state index < -0.39 is 0 Å².